The van der Waals surface area contributed by atoms with Crippen LogP contribution >= 0.6 is 12.4 Å². The van der Waals surface area contributed by atoms with Crippen LogP contribution in [-0.2, 0) is 6.42 Å². The molecule has 1 fully saturated rings. The molecule has 0 unspecified atom stereocenters. The molecule has 3 nitrogen and oxygen atoms in total. The van der Waals surface area contributed by atoms with E-state index in [-0.39, 0.29) is 18.4 Å². The Balaban J connectivity index is 0.00000144. The maximum Gasteiger partial charge on any atom is 0.0964 e. The molecule has 0 bridgehead atoms. The van der Waals surface area contributed by atoms with E-state index in [0.717, 1.165) is 19.3 Å². The van der Waals surface area contributed by atoms with E-state index in [0.29, 0.717) is 6.54 Å². The van der Waals surface area contributed by atoms with Crippen molar-refractivity contribution in [2.75, 3.05) is 6.54 Å². The SMILES string of the molecule is Cl.O[C@H]1[C@H](CCCc2ccccc2)NC[C@@H]1O. The van der Waals surface area contributed by atoms with E-state index in [2.05, 4.69) is 17.4 Å². The van der Waals surface area contributed by atoms with Crippen molar-refractivity contribution in [1.82, 2.24) is 5.32 Å². The van der Waals surface area contributed by atoms with Gasteiger partial charge in [0.25, 0.3) is 0 Å². The van der Waals surface area contributed by atoms with Gasteiger partial charge in [0.1, 0.15) is 0 Å². The van der Waals surface area contributed by atoms with Crippen LogP contribution in [0.5, 0.6) is 0 Å². The summed E-state index contributed by atoms with van der Waals surface area (Å²) < 4.78 is 0. The molecular formula is C13H20ClNO2. The molecule has 1 aromatic rings. The van der Waals surface area contributed by atoms with E-state index in [1.807, 2.05) is 18.2 Å². The Bertz CT molecular complexity index is 320. The Kier molecular flexibility index (Phi) is 5.92. The van der Waals surface area contributed by atoms with Crippen LogP contribution in [0.2, 0.25) is 0 Å². The topological polar surface area (TPSA) is 52.5 Å². The van der Waals surface area contributed by atoms with Crippen LogP contribution in [0.4, 0.5) is 0 Å². The summed E-state index contributed by atoms with van der Waals surface area (Å²) in [6.07, 6.45) is 1.78. The highest BCUT2D eigenvalue weighted by molar-refractivity contribution is 5.85. The van der Waals surface area contributed by atoms with Crippen molar-refractivity contribution >= 4 is 12.4 Å². The number of nitrogens with one attached hydrogen (secondary N) is 1. The van der Waals surface area contributed by atoms with Gasteiger partial charge in [-0.3, -0.25) is 0 Å². The molecule has 1 heterocycles. The number of β-amino-alcohol motifs (C(OH)–C–C–N with tert-alkyl or cyclic N) is 1. The summed E-state index contributed by atoms with van der Waals surface area (Å²) in [7, 11) is 0. The predicted octanol–water partition coefficient (Wildman–Crippen LogP) is 1.12. The van der Waals surface area contributed by atoms with Crippen molar-refractivity contribution in [2.24, 2.45) is 0 Å². The molecule has 0 saturated carbocycles. The first-order chi connectivity index (χ1) is 7.77. The van der Waals surface area contributed by atoms with E-state index in [1.165, 1.54) is 5.56 Å². The smallest absolute Gasteiger partial charge is 0.0964 e. The molecule has 1 saturated heterocycles. The number of aryl methyl sites for hydroxylation is 1. The minimum Gasteiger partial charge on any atom is -0.389 e. The van der Waals surface area contributed by atoms with Crippen LogP contribution in [0.1, 0.15) is 18.4 Å². The zero-order valence-corrected chi connectivity index (χ0v) is 10.6. The second-order valence-electron chi connectivity index (χ2n) is 4.45. The Morgan fingerprint density at radius 2 is 1.88 bits per heavy atom. The van der Waals surface area contributed by atoms with Gasteiger partial charge in [-0.25, -0.2) is 0 Å². The monoisotopic (exact) mass is 257 g/mol. The third kappa shape index (κ3) is 3.96. The lowest BCUT2D eigenvalue weighted by atomic mass is 10.0. The minimum absolute atomic E-state index is 0. The van der Waals surface area contributed by atoms with Crippen LogP contribution in [0.3, 0.4) is 0 Å². The predicted molar refractivity (Wildman–Crippen MR) is 70.4 cm³/mol. The number of hydrogen-bond donors (Lipinski definition) is 3. The summed E-state index contributed by atoms with van der Waals surface area (Å²) in [6, 6.07) is 10.4. The molecule has 1 aliphatic heterocycles. The third-order valence-corrected chi connectivity index (χ3v) is 3.22. The van der Waals surface area contributed by atoms with Crippen LogP contribution in [-0.4, -0.2) is 35.0 Å². The summed E-state index contributed by atoms with van der Waals surface area (Å²) in [5, 5.41) is 22.2. The van der Waals surface area contributed by atoms with Gasteiger partial charge in [-0.2, -0.15) is 0 Å². The van der Waals surface area contributed by atoms with E-state index < -0.39 is 12.2 Å². The fourth-order valence-corrected chi connectivity index (χ4v) is 2.23. The van der Waals surface area contributed by atoms with Gasteiger partial charge in [0.2, 0.25) is 0 Å². The van der Waals surface area contributed by atoms with E-state index >= 15 is 0 Å². The quantitative estimate of drug-likeness (QED) is 0.758. The second kappa shape index (κ2) is 6.97. The molecule has 0 spiro atoms. The van der Waals surface area contributed by atoms with Crippen LogP contribution < -0.4 is 5.32 Å². The molecule has 3 atom stereocenters. The third-order valence-electron chi connectivity index (χ3n) is 3.22. The normalized spacial score (nSPS) is 27.8. The summed E-state index contributed by atoms with van der Waals surface area (Å²) in [5.41, 5.74) is 1.33. The molecule has 0 aromatic heterocycles. The molecule has 1 aliphatic rings. The lowest BCUT2D eigenvalue weighted by molar-refractivity contribution is 0.0390. The van der Waals surface area contributed by atoms with Crippen molar-refractivity contribution in [2.45, 2.75) is 37.5 Å². The van der Waals surface area contributed by atoms with Crippen molar-refractivity contribution in [3.8, 4) is 0 Å². The fraction of sp³-hybridized carbons (Fsp3) is 0.538. The van der Waals surface area contributed by atoms with Gasteiger partial charge in [-0.05, 0) is 24.8 Å². The summed E-state index contributed by atoms with van der Waals surface area (Å²) in [5.74, 6) is 0. The zero-order valence-electron chi connectivity index (χ0n) is 9.75. The van der Waals surface area contributed by atoms with Gasteiger partial charge < -0.3 is 15.5 Å². The second-order valence-corrected chi connectivity index (χ2v) is 4.45. The standard InChI is InChI=1S/C13H19NO2.ClH/c15-12-9-14-11(13(12)16)8-4-7-10-5-2-1-3-6-10;/h1-3,5-6,11-16H,4,7-9H2;1H/t11-,12-,13-;/m0./s1. The lowest BCUT2D eigenvalue weighted by Crippen LogP contribution is -2.32. The summed E-state index contributed by atoms with van der Waals surface area (Å²) >= 11 is 0. The van der Waals surface area contributed by atoms with Gasteiger partial charge in [0.15, 0.2) is 0 Å². The van der Waals surface area contributed by atoms with Gasteiger partial charge in [0.05, 0.1) is 12.2 Å². The highest BCUT2D eigenvalue weighted by Gasteiger charge is 2.31. The van der Waals surface area contributed by atoms with Crippen LogP contribution in [0, 0.1) is 0 Å². The number of halogens is 1. The Labute approximate surface area is 108 Å². The first-order valence-electron chi connectivity index (χ1n) is 5.91. The first kappa shape index (κ1) is 14.5. The van der Waals surface area contributed by atoms with Gasteiger partial charge in [-0.15, -0.1) is 12.4 Å². The van der Waals surface area contributed by atoms with E-state index in [4.69, 9.17) is 0 Å². The average Bonchev–Trinajstić information content (AvgIpc) is 2.62. The van der Waals surface area contributed by atoms with Crippen molar-refractivity contribution in [3.05, 3.63) is 35.9 Å². The number of hydrogen-bond acceptors (Lipinski definition) is 3. The lowest BCUT2D eigenvalue weighted by Gasteiger charge is -2.15. The molecule has 2 rings (SSSR count). The van der Waals surface area contributed by atoms with Crippen molar-refractivity contribution < 1.29 is 10.2 Å². The Hall–Kier alpha value is -0.610. The summed E-state index contributed by atoms with van der Waals surface area (Å²) in [6.45, 7) is 0.511. The highest BCUT2D eigenvalue weighted by atomic mass is 35.5. The summed E-state index contributed by atoms with van der Waals surface area (Å²) in [4.78, 5) is 0. The fourth-order valence-electron chi connectivity index (χ4n) is 2.23. The zero-order chi connectivity index (χ0) is 11.4. The highest BCUT2D eigenvalue weighted by Crippen LogP contribution is 2.14. The van der Waals surface area contributed by atoms with E-state index in [1.54, 1.807) is 0 Å². The molecular weight excluding hydrogens is 238 g/mol. The number of aliphatic hydroxyl groups excluding tert-OH is 2. The molecule has 0 radical (unpaired) electrons. The number of benzene rings is 1. The molecule has 0 amide bonds. The average molecular weight is 258 g/mol. The Morgan fingerprint density at radius 1 is 1.18 bits per heavy atom. The molecule has 4 heteroatoms. The van der Waals surface area contributed by atoms with Gasteiger partial charge in [-0.1, -0.05) is 30.3 Å². The molecule has 17 heavy (non-hydrogen) atoms. The minimum atomic E-state index is -0.601. The van der Waals surface area contributed by atoms with Crippen molar-refractivity contribution in [1.29, 1.82) is 0 Å². The largest absolute Gasteiger partial charge is 0.389 e. The first-order valence-corrected chi connectivity index (χ1v) is 5.91. The number of rotatable bonds is 4. The number of aliphatic hydroxyl groups is 2. The van der Waals surface area contributed by atoms with Crippen LogP contribution in [0.15, 0.2) is 30.3 Å². The maximum absolute atomic E-state index is 9.64. The van der Waals surface area contributed by atoms with Crippen molar-refractivity contribution in [3.63, 3.8) is 0 Å². The molecule has 96 valence electrons. The van der Waals surface area contributed by atoms with Gasteiger partial charge >= 0.3 is 0 Å². The van der Waals surface area contributed by atoms with Crippen LogP contribution in [0.25, 0.3) is 0 Å². The molecule has 0 aliphatic carbocycles. The maximum atomic E-state index is 9.64. The van der Waals surface area contributed by atoms with Gasteiger partial charge in [0, 0.05) is 12.6 Å². The molecule has 1 aromatic carbocycles. The van der Waals surface area contributed by atoms with E-state index in [9.17, 15) is 10.2 Å². The molecule has 3 N–H and O–H groups in total. The Morgan fingerprint density at radius 3 is 2.47 bits per heavy atom.